The standard InChI is InChI=1S/C12H13BBrNO5.3C2H6/c13-2-1-3-18-11-9(12-19-4-5-20-12)6-8(14)7-10(11)15(16)17;3*1-2/h6-7,12H,1-5H2;3*1-2H3. The summed E-state index contributed by atoms with van der Waals surface area (Å²) in [6, 6.07) is 3.11. The van der Waals surface area contributed by atoms with Gasteiger partial charge < -0.3 is 14.2 Å². The van der Waals surface area contributed by atoms with E-state index in [1.165, 1.54) is 6.07 Å². The van der Waals surface area contributed by atoms with Crippen LogP contribution in [0.1, 0.15) is 59.8 Å². The Balaban J connectivity index is 0. The van der Waals surface area contributed by atoms with Crippen LogP contribution in [0, 0.1) is 10.1 Å². The Bertz CT molecular complexity index is 497. The highest BCUT2D eigenvalue weighted by Crippen LogP contribution is 2.40. The van der Waals surface area contributed by atoms with Crippen LogP contribution in [0.5, 0.6) is 5.75 Å². The van der Waals surface area contributed by atoms with Gasteiger partial charge in [-0.3, -0.25) is 10.1 Å². The Labute approximate surface area is 167 Å². The third-order valence-corrected chi connectivity index (χ3v) is 3.19. The fraction of sp³-hybridized carbons (Fsp3) is 0.667. The van der Waals surface area contributed by atoms with Gasteiger partial charge in [0.2, 0.25) is 5.75 Å². The Morgan fingerprint density at radius 2 is 1.73 bits per heavy atom. The zero-order valence-corrected chi connectivity index (χ0v) is 18.3. The second-order valence-electron chi connectivity index (χ2n) is 4.16. The molecule has 1 aromatic carbocycles. The van der Waals surface area contributed by atoms with E-state index >= 15 is 0 Å². The predicted octanol–water partition coefficient (Wildman–Crippen LogP) is 5.84. The summed E-state index contributed by atoms with van der Waals surface area (Å²) in [6.45, 7) is 13.2. The van der Waals surface area contributed by atoms with Crippen LogP contribution in [0.15, 0.2) is 16.6 Å². The summed E-state index contributed by atoms with van der Waals surface area (Å²) < 4.78 is 16.9. The molecule has 8 heteroatoms. The van der Waals surface area contributed by atoms with E-state index in [1.54, 1.807) is 6.07 Å². The summed E-state index contributed by atoms with van der Waals surface area (Å²) in [6.07, 6.45) is 0.425. The third-order valence-electron chi connectivity index (χ3n) is 2.73. The molecule has 1 heterocycles. The molecule has 0 aromatic heterocycles. The van der Waals surface area contributed by atoms with Gasteiger partial charge in [0, 0.05) is 10.5 Å². The number of halogens is 1. The second-order valence-corrected chi connectivity index (χ2v) is 5.08. The molecule has 6 nitrogen and oxygen atoms in total. The summed E-state index contributed by atoms with van der Waals surface area (Å²) in [5, 5.41) is 11.2. The van der Waals surface area contributed by atoms with Gasteiger partial charge in [-0.15, -0.1) is 0 Å². The molecule has 2 rings (SSSR count). The molecule has 1 fully saturated rings. The van der Waals surface area contributed by atoms with E-state index < -0.39 is 11.2 Å². The van der Waals surface area contributed by atoms with Gasteiger partial charge in [0.25, 0.3) is 0 Å². The van der Waals surface area contributed by atoms with Crippen molar-refractivity contribution in [1.82, 2.24) is 0 Å². The molecule has 0 amide bonds. The molecular formula is C18H31BBrNO5. The Kier molecular flexibility index (Phi) is 18.0. The minimum atomic E-state index is -0.640. The van der Waals surface area contributed by atoms with Crippen LogP contribution >= 0.6 is 15.9 Å². The minimum absolute atomic E-state index is 0.120. The van der Waals surface area contributed by atoms with E-state index in [0.717, 1.165) is 0 Å². The molecule has 1 aromatic rings. The summed E-state index contributed by atoms with van der Waals surface area (Å²) in [5.74, 6) is 0.179. The molecule has 0 unspecified atom stereocenters. The van der Waals surface area contributed by atoms with Gasteiger partial charge in [0.1, 0.15) is 0 Å². The lowest BCUT2D eigenvalue weighted by Crippen LogP contribution is -2.07. The fourth-order valence-electron chi connectivity index (χ4n) is 1.86. The van der Waals surface area contributed by atoms with Gasteiger partial charge in [0.15, 0.2) is 6.29 Å². The molecule has 1 aliphatic rings. The first-order valence-electron chi connectivity index (χ1n) is 9.17. The number of nitrogens with zero attached hydrogens (tertiary/aromatic N) is 1. The summed E-state index contributed by atoms with van der Waals surface area (Å²) in [4.78, 5) is 10.7. The average Bonchev–Trinajstić information content (AvgIpc) is 3.22. The number of ether oxygens (including phenoxy) is 3. The van der Waals surface area contributed by atoms with Crippen LogP contribution in [-0.2, 0) is 9.47 Å². The zero-order chi connectivity index (χ0) is 20.5. The maximum atomic E-state index is 11.2. The average molecular weight is 432 g/mol. The van der Waals surface area contributed by atoms with Crippen molar-refractivity contribution in [3.63, 3.8) is 0 Å². The van der Waals surface area contributed by atoms with Crippen molar-refractivity contribution in [2.75, 3.05) is 19.8 Å². The summed E-state index contributed by atoms with van der Waals surface area (Å²) in [7, 11) is 5.40. The largest absolute Gasteiger partial charge is 0.487 e. The number of rotatable bonds is 6. The molecule has 2 radical (unpaired) electrons. The Morgan fingerprint density at radius 3 is 2.19 bits per heavy atom. The lowest BCUT2D eigenvalue weighted by atomic mass is 10.0. The van der Waals surface area contributed by atoms with Crippen LogP contribution in [-0.4, -0.2) is 32.6 Å². The van der Waals surface area contributed by atoms with Crippen LogP contribution in [0.3, 0.4) is 0 Å². The first-order valence-corrected chi connectivity index (χ1v) is 9.96. The van der Waals surface area contributed by atoms with E-state index in [2.05, 4.69) is 15.9 Å². The second kappa shape index (κ2) is 17.3. The first kappa shape index (κ1) is 27.1. The highest BCUT2D eigenvalue weighted by molar-refractivity contribution is 9.10. The number of nitro groups is 1. The van der Waals surface area contributed by atoms with Crippen molar-refractivity contribution in [1.29, 1.82) is 0 Å². The SMILES string of the molecule is CC.CC.CC.[B]CCCOc1c(C2OCCO2)cc(Br)cc1[N+](=O)[O-]. The number of benzene rings is 1. The Hall–Kier alpha value is -1.12. The maximum Gasteiger partial charge on any atom is 0.312 e. The lowest BCUT2D eigenvalue weighted by molar-refractivity contribution is -0.386. The van der Waals surface area contributed by atoms with Crippen molar-refractivity contribution in [2.45, 2.75) is 60.6 Å². The molecule has 26 heavy (non-hydrogen) atoms. The van der Waals surface area contributed by atoms with Crippen molar-refractivity contribution >= 4 is 29.5 Å². The normalized spacial score (nSPS) is 12.6. The van der Waals surface area contributed by atoms with Crippen molar-refractivity contribution in [3.05, 3.63) is 32.3 Å². The van der Waals surface area contributed by atoms with E-state index in [4.69, 9.17) is 22.1 Å². The van der Waals surface area contributed by atoms with Gasteiger partial charge in [-0.25, -0.2) is 0 Å². The van der Waals surface area contributed by atoms with Crippen LogP contribution in [0.4, 0.5) is 5.69 Å². The van der Waals surface area contributed by atoms with Crippen molar-refractivity contribution in [2.24, 2.45) is 0 Å². The zero-order valence-electron chi connectivity index (χ0n) is 16.7. The van der Waals surface area contributed by atoms with E-state index in [1.807, 2.05) is 41.5 Å². The predicted molar refractivity (Wildman–Crippen MR) is 110 cm³/mol. The minimum Gasteiger partial charge on any atom is -0.487 e. The molecular weight excluding hydrogens is 401 g/mol. The molecule has 1 aliphatic heterocycles. The van der Waals surface area contributed by atoms with E-state index in [-0.39, 0.29) is 11.4 Å². The molecule has 0 atom stereocenters. The number of hydrogen-bond donors (Lipinski definition) is 0. The van der Waals surface area contributed by atoms with Crippen LogP contribution < -0.4 is 4.74 Å². The van der Waals surface area contributed by atoms with Crippen LogP contribution in [0.2, 0.25) is 6.32 Å². The highest BCUT2D eigenvalue weighted by atomic mass is 79.9. The molecule has 0 N–H and O–H groups in total. The number of hydrogen-bond acceptors (Lipinski definition) is 5. The quantitative estimate of drug-likeness (QED) is 0.245. The summed E-state index contributed by atoms with van der Waals surface area (Å²) >= 11 is 3.25. The first-order chi connectivity index (χ1) is 12.6. The van der Waals surface area contributed by atoms with E-state index in [0.29, 0.717) is 42.6 Å². The molecule has 0 aliphatic carbocycles. The molecule has 148 valence electrons. The third kappa shape index (κ3) is 9.01. The lowest BCUT2D eigenvalue weighted by Gasteiger charge is -2.16. The monoisotopic (exact) mass is 431 g/mol. The molecule has 1 saturated heterocycles. The highest BCUT2D eigenvalue weighted by Gasteiger charge is 2.29. The number of nitro benzene ring substituents is 1. The fourth-order valence-corrected chi connectivity index (χ4v) is 2.33. The maximum absolute atomic E-state index is 11.2. The molecule has 0 spiro atoms. The summed E-state index contributed by atoms with van der Waals surface area (Å²) in [5.41, 5.74) is 0.395. The van der Waals surface area contributed by atoms with E-state index in [9.17, 15) is 10.1 Å². The Morgan fingerprint density at radius 1 is 1.19 bits per heavy atom. The van der Waals surface area contributed by atoms with Gasteiger partial charge in [-0.05, 0) is 12.5 Å². The van der Waals surface area contributed by atoms with Gasteiger partial charge in [-0.2, -0.15) is 0 Å². The van der Waals surface area contributed by atoms with Crippen LogP contribution in [0.25, 0.3) is 0 Å². The molecule has 0 bridgehead atoms. The van der Waals surface area contributed by atoms with Crippen molar-refractivity contribution < 1.29 is 19.1 Å². The van der Waals surface area contributed by atoms with Gasteiger partial charge in [-0.1, -0.05) is 63.8 Å². The molecule has 0 saturated carbocycles. The van der Waals surface area contributed by atoms with Crippen molar-refractivity contribution in [3.8, 4) is 5.75 Å². The topological polar surface area (TPSA) is 70.8 Å². The van der Waals surface area contributed by atoms with Gasteiger partial charge >= 0.3 is 5.69 Å². The smallest absolute Gasteiger partial charge is 0.312 e. The van der Waals surface area contributed by atoms with Gasteiger partial charge in [0.05, 0.1) is 38.2 Å².